The van der Waals surface area contributed by atoms with Crippen LogP contribution in [0.5, 0.6) is 0 Å². The molecular weight excluding hydrogens is 318 g/mol. The molecule has 0 amide bonds. The Morgan fingerprint density at radius 1 is 1.16 bits per heavy atom. The van der Waals surface area contributed by atoms with E-state index in [1.807, 2.05) is 11.3 Å². The van der Waals surface area contributed by atoms with Crippen LogP contribution in [-0.4, -0.2) is 6.54 Å². The molecule has 102 valence electrons. The van der Waals surface area contributed by atoms with Gasteiger partial charge in [-0.1, -0.05) is 51.1 Å². The SMILES string of the molecule is CCNC(c1ccc(Br)s1)C(C)(C)c1ccccc1. The van der Waals surface area contributed by atoms with Gasteiger partial charge in [0, 0.05) is 10.3 Å². The fourth-order valence-electron chi connectivity index (χ4n) is 2.43. The Morgan fingerprint density at radius 2 is 1.84 bits per heavy atom. The maximum atomic E-state index is 3.64. The molecular formula is C16H20BrNS. The molecule has 0 aliphatic rings. The first-order chi connectivity index (χ1) is 9.05. The fourth-order valence-corrected chi connectivity index (χ4v) is 4.12. The van der Waals surface area contributed by atoms with Crippen molar-refractivity contribution < 1.29 is 0 Å². The summed E-state index contributed by atoms with van der Waals surface area (Å²) in [6, 6.07) is 15.4. The second kappa shape index (κ2) is 6.21. The lowest BCUT2D eigenvalue weighted by Gasteiger charge is -2.35. The quantitative estimate of drug-likeness (QED) is 0.796. The summed E-state index contributed by atoms with van der Waals surface area (Å²) in [5.74, 6) is 0. The van der Waals surface area contributed by atoms with E-state index in [1.165, 1.54) is 14.2 Å². The summed E-state index contributed by atoms with van der Waals surface area (Å²) in [6.07, 6.45) is 0. The highest BCUT2D eigenvalue weighted by atomic mass is 79.9. The Morgan fingerprint density at radius 3 is 2.37 bits per heavy atom. The number of rotatable bonds is 5. The first-order valence-corrected chi connectivity index (χ1v) is 8.20. The second-order valence-corrected chi connectivity index (χ2v) is 7.71. The van der Waals surface area contributed by atoms with Crippen LogP contribution in [0.2, 0.25) is 0 Å². The number of likely N-dealkylation sites (N-methyl/N-ethyl adjacent to an activating group) is 1. The molecule has 1 unspecified atom stereocenters. The minimum absolute atomic E-state index is 0.0571. The van der Waals surface area contributed by atoms with Crippen molar-refractivity contribution in [1.82, 2.24) is 5.32 Å². The molecule has 1 aromatic carbocycles. The first-order valence-electron chi connectivity index (χ1n) is 6.60. The van der Waals surface area contributed by atoms with E-state index in [1.54, 1.807) is 0 Å². The predicted molar refractivity (Wildman–Crippen MR) is 87.9 cm³/mol. The van der Waals surface area contributed by atoms with Crippen molar-refractivity contribution in [2.24, 2.45) is 0 Å². The fraction of sp³-hybridized carbons (Fsp3) is 0.375. The van der Waals surface area contributed by atoms with Crippen LogP contribution in [0.15, 0.2) is 46.3 Å². The molecule has 0 aliphatic carbocycles. The summed E-state index contributed by atoms with van der Waals surface area (Å²) in [5.41, 5.74) is 1.42. The maximum absolute atomic E-state index is 3.64. The molecule has 0 saturated heterocycles. The zero-order chi connectivity index (χ0) is 13.9. The average Bonchev–Trinajstić information content (AvgIpc) is 2.83. The third-order valence-corrected chi connectivity index (χ3v) is 5.21. The van der Waals surface area contributed by atoms with Gasteiger partial charge in [0.05, 0.1) is 9.83 Å². The molecule has 1 heterocycles. The lowest BCUT2D eigenvalue weighted by Crippen LogP contribution is -2.36. The van der Waals surface area contributed by atoms with Crippen LogP contribution >= 0.6 is 27.3 Å². The number of benzene rings is 1. The van der Waals surface area contributed by atoms with Crippen molar-refractivity contribution in [2.75, 3.05) is 6.54 Å². The maximum Gasteiger partial charge on any atom is 0.0701 e. The average molecular weight is 338 g/mol. The number of hydrogen-bond acceptors (Lipinski definition) is 2. The monoisotopic (exact) mass is 337 g/mol. The van der Waals surface area contributed by atoms with Gasteiger partial charge in [-0.2, -0.15) is 0 Å². The van der Waals surface area contributed by atoms with Gasteiger partial charge in [0.1, 0.15) is 0 Å². The van der Waals surface area contributed by atoms with Gasteiger partial charge in [0.25, 0.3) is 0 Å². The predicted octanol–water partition coefficient (Wildman–Crippen LogP) is 5.14. The highest BCUT2D eigenvalue weighted by Crippen LogP contribution is 2.40. The minimum Gasteiger partial charge on any atom is -0.309 e. The zero-order valence-corrected chi connectivity index (χ0v) is 14.0. The van der Waals surface area contributed by atoms with Crippen molar-refractivity contribution in [2.45, 2.75) is 32.2 Å². The third kappa shape index (κ3) is 3.28. The normalized spacial score (nSPS) is 13.5. The van der Waals surface area contributed by atoms with Crippen molar-refractivity contribution in [3.63, 3.8) is 0 Å². The van der Waals surface area contributed by atoms with Crippen LogP contribution < -0.4 is 5.32 Å². The van der Waals surface area contributed by atoms with Gasteiger partial charge in [0.15, 0.2) is 0 Å². The van der Waals surface area contributed by atoms with E-state index >= 15 is 0 Å². The summed E-state index contributed by atoms with van der Waals surface area (Å²) in [7, 11) is 0. The molecule has 1 nitrogen and oxygen atoms in total. The third-order valence-electron chi connectivity index (χ3n) is 3.53. The molecule has 2 aromatic rings. The lowest BCUT2D eigenvalue weighted by atomic mass is 9.77. The van der Waals surface area contributed by atoms with Gasteiger partial charge in [-0.3, -0.25) is 0 Å². The van der Waals surface area contributed by atoms with Crippen molar-refractivity contribution in [3.8, 4) is 0 Å². The highest BCUT2D eigenvalue weighted by Gasteiger charge is 2.32. The molecule has 3 heteroatoms. The van der Waals surface area contributed by atoms with Crippen molar-refractivity contribution in [3.05, 3.63) is 56.7 Å². The Kier molecular flexibility index (Phi) is 4.82. The molecule has 0 aliphatic heterocycles. The number of hydrogen-bond donors (Lipinski definition) is 1. The Hall–Kier alpha value is -0.640. The minimum atomic E-state index is 0.0571. The molecule has 0 fully saturated rings. The largest absolute Gasteiger partial charge is 0.309 e. The smallest absolute Gasteiger partial charge is 0.0701 e. The molecule has 0 radical (unpaired) electrons. The number of nitrogens with one attached hydrogen (secondary N) is 1. The summed E-state index contributed by atoms with van der Waals surface area (Å²) >= 11 is 5.38. The van der Waals surface area contributed by atoms with E-state index < -0.39 is 0 Å². The Bertz CT molecular complexity index is 519. The summed E-state index contributed by atoms with van der Waals surface area (Å²) in [6.45, 7) is 7.75. The molecule has 1 N–H and O–H groups in total. The molecule has 0 spiro atoms. The van der Waals surface area contributed by atoms with Crippen LogP contribution in [-0.2, 0) is 5.41 Å². The van der Waals surface area contributed by atoms with Crippen LogP contribution in [0.3, 0.4) is 0 Å². The molecule has 2 rings (SSSR count). The molecule has 1 atom stereocenters. The zero-order valence-electron chi connectivity index (χ0n) is 11.6. The molecule has 0 saturated carbocycles. The van der Waals surface area contributed by atoms with Crippen LogP contribution in [0.1, 0.15) is 37.3 Å². The molecule has 1 aromatic heterocycles. The van der Waals surface area contributed by atoms with E-state index in [-0.39, 0.29) is 5.41 Å². The summed E-state index contributed by atoms with van der Waals surface area (Å²) in [5, 5.41) is 3.64. The van der Waals surface area contributed by atoms with E-state index in [4.69, 9.17) is 0 Å². The second-order valence-electron chi connectivity index (χ2n) is 5.22. The summed E-state index contributed by atoms with van der Waals surface area (Å²) in [4.78, 5) is 1.38. The van der Waals surface area contributed by atoms with Gasteiger partial charge in [-0.25, -0.2) is 0 Å². The van der Waals surface area contributed by atoms with Gasteiger partial charge < -0.3 is 5.32 Å². The molecule has 0 bridgehead atoms. The van der Waals surface area contributed by atoms with Gasteiger partial charge in [0.2, 0.25) is 0 Å². The summed E-state index contributed by atoms with van der Waals surface area (Å²) < 4.78 is 1.19. The van der Waals surface area contributed by atoms with E-state index in [0.29, 0.717) is 6.04 Å². The van der Waals surface area contributed by atoms with E-state index in [0.717, 1.165) is 6.54 Å². The number of halogens is 1. The van der Waals surface area contributed by atoms with Gasteiger partial charge >= 0.3 is 0 Å². The Labute approximate surface area is 128 Å². The lowest BCUT2D eigenvalue weighted by molar-refractivity contribution is 0.359. The Balaban J connectivity index is 2.38. The van der Waals surface area contributed by atoms with Gasteiger partial charge in [-0.05, 0) is 40.2 Å². The van der Waals surface area contributed by atoms with Crippen molar-refractivity contribution in [1.29, 1.82) is 0 Å². The first kappa shape index (κ1) is 14.8. The van der Waals surface area contributed by atoms with E-state index in [9.17, 15) is 0 Å². The van der Waals surface area contributed by atoms with Crippen LogP contribution in [0.25, 0.3) is 0 Å². The van der Waals surface area contributed by atoms with E-state index in [2.05, 4.69) is 84.5 Å². The van der Waals surface area contributed by atoms with Gasteiger partial charge in [-0.15, -0.1) is 11.3 Å². The molecule has 19 heavy (non-hydrogen) atoms. The highest BCUT2D eigenvalue weighted by molar-refractivity contribution is 9.11. The van der Waals surface area contributed by atoms with Crippen LogP contribution in [0.4, 0.5) is 0 Å². The van der Waals surface area contributed by atoms with Crippen LogP contribution in [0, 0.1) is 0 Å². The number of thiophene rings is 1. The topological polar surface area (TPSA) is 12.0 Å². The standard InChI is InChI=1S/C16H20BrNS/c1-4-18-15(13-10-11-14(17)19-13)16(2,3)12-8-6-5-7-9-12/h5-11,15,18H,4H2,1-3H3. The van der Waals surface area contributed by atoms with Crippen molar-refractivity contribution >= 4 is 27.3 Å².